The number of hydrazine groups is 1. The largest absolute Gasteiger partial charge is 0.451 e. The number of hydrogen-bond acceptors (Lipinski definition) is 3. The summed E-state index contributed by atoms with van der Waals surface area (Å²) in [6.45, 7) is 1.80. The zero-order valence-electron chi connectivity index (χ0n) is 12.2. The molecule has 3 rings (SSSR count). The summed E-state index contributed by atoms with van der Waals surface area (Å²) in [5.41, 5.74) is 6.54. The molecule has 0 atom stereocenters. The zero-order chi connectivity index (χ0) is 16.4. The van der Waals surface area contributed by atoms with E-state index in [0.717, 1.165) is 15.4 Å². The third-order valence-corrected chi connectivity index (χ3v) is 3.92. The van der Waals surface area contributed by atoms with Gasteiger partial charge in [0.1, 0.15) is 5.58 Å². The van der Waals surface area contributed by atoms with Crippen LogP contribution < -0.4 is 10.9 Å². The van der Waals surface area contributed by atoms with Crippen molar-refractivity contribution >= 4 is 38.7 Å². The second-order valence-corrected chi connectivity index (χ2v) is 5.89. The third kappa shape index (κ3) is 3.12. The second-order valence-electron chi connectivity index (χ2n) is 4.97. The minimum Gasteiger partial charge on any atom is -0.451 e. The van der Waals surface area contributed by atoms with Gasteiger partial charge in [-0.25, -0.2) is 0 Å². The van der Waals surface area contributed by atoms with E-state index in [1.54, 1.807) is 31.2 Å². The van der Waals surface area contributed by atoms with Crippen LogP contribution in [0.25, 0.3) is 11.0 Å². The molecule has 1 aromatic heterocycles. The molecule has 1 heterocycles. The van der Waals surface area contributed by atoms with Gasteiger partial charge in [-0.05, 0) is 31.2 Å². The first-order valence-corrected chi connectivity index (χ1v) is 7.70. The van der Waals surface area contributed by atoms with Crippen LogP contribution in [0.2, 0.25) is 0 Å². The lowest BCUT2D eigenvalue weighted by atomic mass is 10.1. The van der Waals surface area contributed by atoms with Crippen molar-refractivity contribution in [2.45, 2.75) is 6.92 Å². The molecule has 23 heavy (non-hydrogen) atoms. The third-order valence-electron chi connectivity index (χ3n) is 3.43. The summed E-state index contributed by atoms with van der Waals surface area (Å²) in [7, 11) is 0. The van der Waals surface area contributed by atoms with E-state index in [4.69, 9.17) is 4.42 Å². The summed E-state index contributed by atoms with van der Waals surface area (Å²) in [6, 6.07) is 14.2. The summed E-state index contributed by atoms with van der Waals surface area (Å²) in [4.78, 5) is 24.2. The van der Waals surface area contributed by atoms with E-state index in [-0.39, 0.29) is 5.76 Å². The molecule has 0 saturated carbocycles. The molecular weight excluding hydrogens is 360 g/mol. The molecule has 0 aliphatic heterocycles. The molecule has 0 aliphatic carbocycles. The number of fused-ring (bicyclic) bond motifs is 1. The van der Waals surface area contributed by atoms with E-state index in [9.17, 15) is 9.59 Å². The van der Waals surface area contributed by atoms with E-state index >= 15 is 0 Å². The van der Waals surface area contributed by atoms with Gasteiger partial charge in [0.05, 0.1) is 0 Å². The summed E-state index contributed by atoms with van der Waals surface area (Å²) >= 11 is 3.29. The molecular formula is C17H13BrN2O3. The van der Waals surface area contributed by atoms with Gasteiger partial charge in [0, 0.05) is 21.0 Å². The van der Waals surface area contributed by atoms with Crippen molar-refractivity contribution in [3.8, 4) is 0 Å². The van der Waals surface area contributed by atoms with Crippen LogP contribution in [-0.4, -0.2) is 11.8 Å². The molecule has 5 nitrogen and oxygen atoms in total. The summed E-state index contributed by atoms with van der Waals surface area (Å²) in [5, 5.41) is 0.871. The quantitative estimate of drug-likeness (QED) is 0.675. The van der Waals surface area contributed by atoms with Crippen molar-refractivity contribution in [1.82, 2.24) is 10.9 Å². The van der Waals surface area contributed by atoms with Gasteiger partial charge in [0.2, 0.25) is 0 Å². The number of carbonyl (C=O) groups is 2. The van der Waals surface area contributed by atoms with Crippen molar-refractivity contribution in [2.75, 3.05) is 0 Å². The predicted molar refractivity (Wildman–Crippen MR) is 90.0 cm³/mol. The number of aryl methyl sites for hydroxylation is 1. The zero-order valence-corrected chi connectivity index (χ0v) is 13.8. The number of benzene rings is 2. The summed E-state index contributed by atoms with van der Waals surface area (Å²) in [6.07, 6.45) is 0. The molecule has 2 aromatic carbocycles. The SMILES string of the molecule is Cc1c(C(=O)NNC(=O)c2cccc(Br)c2)oc2ccccc12. The van der Waals surface area contributed by atoms with Gasteiger partial charge in [-0.3, -0.25) is 20.4 Å². The molecule has 2 amide bonds. The Morgan fingerprint density at radius 2 is 1.74 bits per heavy atom. The average molecular weight is 373 g/mol. The molecule has 0 unspecified atom stereocenters. The smallest absolute Gasteiger partial charge is 0.305 e. The second kappa shape index (κ2) is 6.26. The van der Waals surface area contributed by atoms with Gasteiger partial charge in [-0.1, -0.05) is 40.2 Å². The maximum atomic E-state index is 12.2. The topological polar surface area (TPSA) is 71.3 Å². The van der Waals surface area contributed by atoms with Crippen LogP contribution in [0.4, 0.5) is 0 Å². The van der Waals surface area contributed by atoms with Crippen molar-refractivity contribution < 1.29 is 14.0 Å². The van der Waals surface area contributed by atoms with Crippen LogP contribution in [0.15, 0.2) is 57.4 Å². The minimum absolute atomic E-state index is 0.181. The lowest BCUT2D eigenvalue weighted by Gasteiger charge is -2.06. The predicted octanol–water partition coefficient (Wildman–Crippen LogP) is 3.58. The molecule has 3 aromatic rings. The number of hydrogen-bond donors (Lipinski definition) is 2. The highest BCUT2D eigenvalue weighted by atomic mass is 79.9. The first-order valence-electron chi connectivity index (χ1n) is 6.90. The highest BCUT2D eigenvalue weighted by Gasteiger charge is 2.18. The van der Waals surface area contributed by atoms with Crippen molar-refractivity contribution in [3.05, 3.63) is 69.9 Å². The van der Waals surface area contributed by atoms with Crippen LogP contribution in [0.3, 0.4) is 0 Å². The van der Waals surface area contributed by atoms with Gasteiger partial charge >= 0.3 is 5.91 Å². The van der Waals surface area contributed by atoms with Crippen LogP contribution in [-0.2, 0) is 0 Å². The first-order chi connectivity index (χ1) is 11.1. The number of para-hydroxylation sites is 1. The Hall–Kier alpha value is -2.60. The normalized spacial score (nSPS) is 10.5. The molecule has 0 spiro atoms. The fourth-order valence-electron chi connectivity index (χ4n) is 2.26. The van der Waals surface area contributed by atoms with E-state index in [1.165, 1.54) is 0 Å². The molecule has 0 fully saturated rings. The van der Waals surface area contributed by atoms with Gasteiger partial charge < -0.3 is 4.42 Å². The highest BCUT2D eigenvalue weighted by molar-refractivity contribution is 9.10. The summed E-state index contributed by atoms with van der Waals surface area (Å²) in [5.74, 6) is -0.726. The first kappa shape index (κ1) is 15.3. The van der Waals surface area contributed by atoms with Crippen molar-refractivity contribution in [1.29, 1.82) is 0 Å². The maximum Gasteiger partial charge on any atom is 0.305 e. The van der Waals surface area contributed by atoms with Crippen molar-refractivity contribution in [2.24, 2.45) is 0 Å². The molecule has 0 saturated heterocycles. The summed E-state index contributed by atoms with van der Waals surface area (Å²) < 4.78 is 6.33. The molecule has 0 bridgehead atoms. The van der Waals surface area contributed by atoms with Gasteiger partial charge in [0.25, 0.3) is 5.91 Å². The van der Waals surface area contributed by atoms with E-state index in [2.05, 4.69) is 26.8 Å². The monoisotopic (exact) mass is 372 g/mol. The number of furan rings is 1. The Morgan fingerprint density at radius 1 is 1.00 bits per heavy atom. The average Bonchev–Trinajstić information content (AvgIpc) is 2.90. The fourth-order valence-corrected chi connectivity index (χ4v) is 2.66. The number of amides is 2. The Balaban J connectivity index is 1.74. The van der Waals surface area contributed by atoms with Crippen molar-refractivity contribution in [3.63, 3.8) is 0 Å². The van der Waals surface area contributed by atoms with E-state index in [0.29, 0.717) is 11.1 Å². The lowest BCUT2D eigenvalue weighted by Crippen LogP contribution is -2.41. The van der Waals surface area contributed by atoms with Crippen LogP contribution in [0, 0.1) is 6.92 Å². The van der Waals surface area contributed by atoms with Crippen LogP contribution in [0.5, 0.6) is 0 Å². The van der Waals surface area contributed by atoms with Crippen LogP contribution >= 0.6 is 15.9 Å². The molecule has 2 N–H and O–H groups in total. The van der Waals surface area contributed by atoms with Crippen LogP contribution in [0.1, 0.15) is 26.5 Å². The van der Waals surface area contributed by atoms with E-state index in [1.807, 2.05) is 24.3 Å². The molecule has 6 heteroatoms. The molecule has 0 aliphatic rings. The molecule has 0 radical (unpaired) electrons. The number of halogens is 1. The van der Waals surface area contributed by atoms with E-state index < -0.39 is 11.8 Å². The maximum absolute atomic E-state index is 12.2. The minimum atomic E-state index is -0.498. The highest BCUT2D eigenvalue weighted by Crippen LogP contribution is 2.24. The van der Waals surface area contributed by atoms with Gasteiger partial charge in [-0.15, -0.1) is 0 Å². The number of carbonyl (C=O) groups excluding carboxylic acids is 2. The van der Waals surface area contributed by atoms with Gasteiger partial charge in [-0.2, -0.15) is 0 Å². The molecule has 116 valence electrons. The Kier molecular flexibility index (Phi) is 4.16. The number of nitrogens with one attached hydrogen (secondary N) is 2. The Bertz CT molecular complexity index is 902. The standard InChI is InChI=1S/C17H13BrN2O3/c1-10-13-7-2-3-8-14(13)23-15(10)17(22)20-19-16(21)11-5-4-6-12(18)9-11/h2-9H,1H3,(H,19,21)(H,20,22). The lowest BCUT2D eigenvalue weighted by molar-refractivity contribution is 0.0831. The Labute approximate surface area is 140 Å². The van der Waals surface area contributed by atoms with Gasteiger partial charge in [0.15, 0.2) is 5.76 Å². The number of rotatable bonds is 2. The Morgan fingerprint density at radius 3 is 2.48 bits per heavy atom. The fraction of sp³-hybridized carbons (Fsp3) is 0.0588.